The average molecular weight is 433 g/mol. The fourth-order valence-corrected chi connectivity index (χ4v) is 7.92. The molecule has 3 aliphatic rings. The van der Waals surface area contributed by atoms with Crippen molar-refractivity contribution in [2.45, 2.75) is 119 Å². The van der Waals surface area contributed by atoms with Gasteiger partial charge in [0.25, 0.3) is 0 Å². The summed E-state index contributed by atoms with van der Waals surface area (Å²) in [5, 5.41) is 0. The second kappa shape index (κ2) is 11.9. The Hall–Kier alpha value is -0.790. The van der Waals surface area contributed by atoms with E-state index in [9.17, 15) is 4.79 Å². The molecule has 0 aromatic carbocycles. The zero-order valence-corrected chi connectivity index (χ0v) is 21.8. The van der Waals surface area contributed by atoms with Crippen LogP contribution in [0.4, 0.5) is 0 Å². The van der Waals surface area contributed by atoms with Gasteiger partial charge in [0.2, 0.25) is 0 Å². The molecule has 2 nitrogen and oxygen atoms in total. The molecule has 0 aromatic rings. The lowest BCUT2D eigenvalue weighted by molar-refractivity contribution is -0.134. The third kappa shape index (κ3) is 6.17. The van der Waals surface area contributed by atoms with Gasteiger partial charge in [-0.25, -0.2) is 4.79 Å². The maximum atomic E-state index is 11.4. The van der Waals surface area contributed by atoms with Crippen molar-refractivity contribution in [3.8, 4) is 0 Å². The van der Waals surface area contributed by atoms with Crippen LogP contribution in [-0.4, -0.2) is 13.1 Å². The molecule has 0 heterocycles. The normalized spacial score (nSPS) is 35.7. The van der Waals surface area contributed by atoms with Crippen molar-refractivity contribution in [3.05, 3.63) is 12.2 Å². The van der Waals surface area contributed by atoms with E-state index in [0.717, 1.165) is 36.0 Å². The molecular weight excluding hydrogens is 380 g/mol. The van der Waals surface area contributed by atoms with Gasteiger partial charge in [-0.2, -0.15) is 0 Å². The number of allylic oxidation sites excluding steroid dienone is 1. The van der Waals surface area contributed by atoms with Gasteiger partial charge in [-0.3, -0.25) is 0 Å². The van der Waals surface area contributed by atoms with Gasteiger partial charge in [0.1, 0.15) is 0 Å². The number of hydrogen-bond donors (Lipinski definition) is 0. The van der Waals surface area contributed by atoms with Crippen LogP contribution in [0.25, 0.3) is 0 Å². The van der Waals surface area contributed by atoms with Crippen molar-refractivity contribution in [2.24, 2.45) is 40.4 Å². The van der Waals surface area contributed by atoms with Gasteiger partial charge in [0.05, 0.1) is 7.11 Å². The van der Waals surface area contributed by atoms with Gasteiger partial charge in [-0.05, 0) is 85.4 Å². The molecule has 0 amide bonds. The molecule has 3 rings (SSSR count). The molecule has 0 spiro atoms. The Labute approximate surface area is 194 Å². The second-order valence-corrected chi connectivity index (χ2v) is 11.4. The van der Waals surface area contributed by atoms with Crippen LogP contribution in [0.1, 0.15) is 119 Å². The molecule has 5 unspecified atom stereocenters. The largest absolute Gasteiger partial charge is 0.466 e. The first kappa shape index (κ1) is 26.5. The Bertz CT molecular complexity index is 577. The van der Waals surface area contributed by atoms with Crippen molar-refractivity contribution < 1.29 is 9.53 Å². The molecule has 0 aliphatic heterocycles. The van der Waals surface area contributed by atoms with Crippen LogP contribution in [0.5, 0.6) is 0 Å². The van der Waals surface area contributed by atoms with Crippen molar-refractivity contribution in [1.29, 1.82) is 0 Å². The third-order valence-corrected chi connectivity index (χ3v) is 9.63. The molecule has 3 fully saturated rings. The quantitative estimate of drug-likeness (QED) is 0.297. The summed E-state index contributed by atoms with van der Waals surface area (Å²) >= 11 is 0. The highest BCUT2D eigenvalue weighted by Gasteiger charge is 2.51. The molecule has 0 aromatic heterocycles. The van der Waals surface area contributed by atoms with E-state index in [1.807, 2.05) is 13.8 Å². The number of methoxy groups -OCH3 is 1. The lowest BCUT2D eigenvalue weighted by Crippen LogP contribution is -2.40. The molecule has 3 saturated carbocycles. The van der Waals surface area contributed by atoms with E-state index in [0.29, 0.717) is 10.8 Å². The highest BCUT2D eigenvalue weighted by molar-refractivity contribution is 5.81. The number of rotatable bonds is 7. The first-order valence-corrected chi connectivity index (χ1v) is 13.6. The van der Waals surface area contributed by atoms with Crippen LogP contribution in [0, 0.1) is 40.4 Å². The van der Waals surface area contributed by atoms with Gasteiger partial charge >= 0.3 is 5.97 Å². The lowest BCUT2D eigenvalue weighted by Gasteiger charge is -2.49. The molecule has 3 aliphatic carbocycles. The second-order valence-electron chi connectivity index (χ2n) is 11.4. The van der Waals surface area contributed by atoms with Crippen molar-refractivity contribution in [1.82, 2.24) is 0 Å². The molecule has 6 atom stereocenters. The fourth-order valence-electron chi connectivity index (χ4n) is 7.92. The van der Waals surface area contributed by atoms with E-state index >= 15 is 0 Å². The van der Waals surface area contributed by atoms with E-state index in [-0.39, 0.29) is 5.97 Å². The summed E-state index contributed by atoms with van der Waals surface area (Å²) in [5.41, 5.74) is 1.01. The van der Waals surface area contributed by atoms with E-state index in [4.69, 9.17) is 4.74 Å². The van der Waals surface area contributed by atoms with Gasteiger partial charge in [0.15, 0.2) is 0 Å². The third-order valence-electron chi connectivity index (χ3n) is 9.63. The van der Waals surface area contributed by atoms with Crippen molar-refractivity contribution >= 4 is 5.97 Å². The van der Waals surface area contributed by atoms with Crippen molar-refractivity contribution in [2.75, 3.05) is 7.11 Å². The summed E-state index contributed by atoms with van der Waals surface area (Å²) in [6.45, 7) is 14.1. The summed E-state index contributed by atoms with van der Waals surface area (Å²) in [7, 11) is 1.46. The smallest absolute Gasteiger partial charge is 0.330 e. The number of carbonyl (C=O) groups excluding carboxylic acids is 1. The highest BCUT2D eigenvalue weighted by atomic mass is 16.5. The minimum atomic E-state index is -0.216. The molecule has 0 radical (unpaired) electrons. The average Bonchev–Trinajstić information content (AvgIpc) is 3.10. The van der Waals surface area contributed by atoms with E-state index < -0.39 is 0 Å². The minimum absolute atomic E-state index is 0.216. The maximum absolute atomic E-state index is 11.4. The number of carbonyl (C=O) groups is 1. The van der Waals surface area contributed by atoms with Crippen LogP contribution in [0.3, 0.4) is 0 Å². The van der Waals surface area contributed by atoms with Crippen molar-refractivity contribution in [3.63, 3.8) is 0 Å². The zero-order chi connectivity index (χ0) is 23.1. The molecule has 2 heteroatoms. The molecule has 31 heavy (non-hydrogen) atoms. The summed E-state index contributed by atoms with van der Waals surface area (Å²) in [6.07, 6.45) is 20.3. The number of fused-ring (bicyclic) bond motifs is 1. The first-order chi connectivity index (χ1) is 14.8. The Balaban J connectivity index is 0.00000166. The minimum Gasteiger partial charge on any atom is -0.466 e. The summed E-state index contributed by atoms with van der Waals surface area (Å²) < 4.78 is 4.77. The molecule has 0 saturated heterocycles. The fraction of sp³-hybridized carbons (Fsp3) is 0.897. The van der Waals surface area contributed by atoms with Gasteiger partial charge < -0.3 is 4.74 Å². The van der Waals surface area contributed by atoms with Crippen LogP contribution in [0.2, 0.25) is 0 Å². The Morgan fingerprint density at radius 3 is 2.42 bits per heavy atom. The maximum Gasteiger partial charge on any atom is 0.330 e. The van der Waals surface area contributed by atoms with Crippen LogP contribution < -0.4 is 0 Å². The van der Waals surface area contributed by atoms with Crippen LogP contribution in [0.15, 0.2) is 12.2 Å². The summed E-state index contributed by atoms with van der Waals surface area (Å²) in [4.78, 5) is 11.4. The number of hydrogen-bond acceptors (Lipinski definition) is 2. The zero-order valence-electron chi connectivity index (χ0n) is 21.8. The SMILES string of the molecule is CC.CC[C@@H](CC1CCCC2(C)C(C/C=C/C(=O)OC)CCC12)C1CCCCC1(C)C. The van der Waals surface area contributed by atoms with E-state index in [2.05, 4.69) is 33.8 Å². The van der Waals surface area contributed by atoms with Gasteiger partial charge in [-0.1, -0.05) is 79.7 Å². The Morgan fingerprint density at radius 2 is 1.77 bits per heavy atom. The summed E-state index contributed by atoms with van der Waals surface area (Å²) in [6, 6.07) is 0. The van der Waals surface area contributed by atoms with E-state index in [1.165, 1.54) is 77.7 Å². The van der Waals surface area contributed by atoms with Gasteiger partial charge in [-0.15, -0.1) is 0 Å². The lowest BCUT2D eigenvalue weighted by atomic mass is 9.56. The van der Waals surface area contributed by atoms with Gasteiger partial charge in [0, 0.05) is 6.08 Å². The highest BCUT2D eigenvalue weighted by Crippen LogP contribution is 2.60. The topological polar surface area (TPSA) is 26.3 Å². The monoisotopic (exact) mass is 432 g/mol. The number of esters is 1. The summed E-state index contributed by atoms with van der Waals surface area (Å²) in [5.74, 6) is 4.18. The predicted molar refractivity (Wildman–Crippen MR) is 133 cm³/mol. The Kier molecular flexibility index (Phi) is 10.2. The standard InChI is InChI=1S/C27H46O2.C2H6/c1-6-20(23-13-7-8-17-26(23,2)3)19-21-11-10-18-27(4)22(15-16-24(21)27)12-9-14-25(28)29-5;1-2/h9,14,20-24H,6-8,10-13,15-19H2,1-5H3;1-2H3/b14-9+;/t20-,21?,22?,23?,24?,27?;/m0./s1. The van der Waals surface area contributed by atoms with Crippen LogP contribution >= 0.6 is 0 Å². The molecule has 180 valence electrons. The Morgan fingerprint density at radius 1 is 1.03 bits per heavy atom. The first-order valence-electron chi connectivity index (χ1n) is 13.6. The number of ether oxygens (including phenoxy) is 1. The molecule has 0 bridgehead atoms. The van der Waals surface area contributed by atoms with E-state index in [1.54, 1.807) is 6.08 Å². The molecular formula is C29H52O2. The van der Waals surface area contributed by atoms with Crippen LogP contribution in [-0.2, 0) is 9.53 Å². The predicted octanol–water partition coefficient (Wildman–Crippen LogP) is 8.60. The molecule has 0 N–H and O–H groups in total.